The molecule has 0 radical (unpaired) electrons. The van der Waals surface area contributed by atoms with Crippen LogP contribution in [0.5, 0.6) is 11.5 Å². The molecule has 1 aromatic carbocycles. The minimum atomic E-state index is -0.436. The van der Waals surface area contributed by atoms with E-state index in [4.69, 9.17) is 9.47 Å². The molecular weight excluding hydrogens is 204 g/mol. The van der Waals surface area contributed by atoms with E-state index >= 15 is 0 Å². The first kappa shape index (κ1) is 12.8. The Bertz CT molecular complexity index is 323. The Morgan fingerprint density at radius 2 is 2.00 bits per heavy atom. The molecule has 0 heterocycles. The molecule has 1 atom stereocenters. The molecule has 3 heteroatoms. The Balaban J connectivity index is 2.88. The van der Waals surface area contributed by atoms with Crippen LogP contribution in [0.4, 0.5) is 0 Å². The van der Waals surface area contributed by atoms with Crippen LogP contribution in [0.25, 0.3) is 0 Å². The second-order valence-corrected chi connectivity index (χ2v) is 3.68. The number of aliphatic hydroxyl groups excluding tert-OH is 1. The molecule has 0 aliphatic rings. The van der Waals surface area contributed by atoms with Crippen molar-refractivity contribution in [3.63, 3.8) is 0 Å². The lowest BCUT2D eigenvalue weighted by molar-refractivity contribution is 0.173. The van der Waals surface area contributed by atoms with Crippen LogP contribution < -0.4 is 9.47 Å². The molecule has 1 aromatic rings. The lowest BCUT2D eigenvalue weighted by Crippen LogP contribution is -2.00. The fraction of sp³-hybridized carbons (Fsp3) is 0.538. The third-order valence-electron chi connectivity index (χ3n) is 2.42. The first-order chi connectivity index (χ1) is 7.72. The molecule has 0 saturated heterocycles. The van der Waals surface area contributed by atoms with Crippen LogP contribution >= 0.6 is 0 Å². The van der Waals surface area contributed by atoms with Crippen molar-refractivity contribution in [2.24, 2.45) is 0 Å². The first-order valence-corrected chi connectivity index (χ1v) is 5.71. The van der Waals surface area contributed by atoms with Crippen LogP contribution in [0.3, 0.4) is 0 Å². The maximum Gasteiger partial charge on any atom is 0.161 e. The standard InChI is InChI=1S/C13H20O3/c1-4-8-16-12-7-6-10(11(14)5-2)9-13(12)15-3/h6-7,9,11,14H,4-5,8H2,1-3H3. The number of ether oxygens (including phenoxy) is 2. The van der Waals surface area contributed by atoms with E-state index in [9.17, 15) is 5.11 Å². The lowest BCUT2D eigenvalue weighted by Gasteiger charge is -2.13. The summed E-state index contributed by atoms with van der Waals surface area (Å²) in [5.41, 5.74) is 0.864. The van der Waals surface area contributed by atoms with Gasteiger partial charge < -0.3 is 14.6 Å². The highest BCUT2D eigenvalue weighted by atomic mass is 16.5. The van der Waals surface area contributed by atoms with E-state index in [2.05, 4.69) is 6.92 Å². The van der Waals surface area contributed by atoms with Gasteiger partial charge in [-0.25, -0.2) is 0 Å². The van der Waals surface area contributed by atoms with Gasteiger partial charge >= 0.3 is 0 Å². The fourth-order valence-corrected chi connectivity index (χ4v) is 1.46. The minimum Gasteiger partial charge on any atom is -0.493 e. The molecule has 0 amide bonds. The van der Waals surface area contributed by atoms with Crippen molar-refractivity contribution in [2.75, 3.05) is 13.7 Å². The second-order valence-electron chi connectivity index (χ2n) is 3.68. The van der Waals surface area contributed by atoms with Gasteiger partial charge in [0.2, 0.25) is 0 Å². The Kier molecular flexibility index (Phi) is 5.12. The Morgan fingerprint density at radius 1 is 1.25 bits per heavy atom. The highest BCUT2D eigenvalue weighted by molar-refractivity contribution is 5.43. The number of benzene rings is 1. The van der Waals surface area contributed by atoms with Gasteiger partial charge in [-0.2, -0.15) is 0 Å². The molecular formula is C13H20O3. The largest absolute Gasteiger partial charge is 0.493 e. The van der Waals surface area contributed by atoms with Crippen LogP contribution in [0.1, 0.15) is 38.4 Å². The molecule has 0 saturated carbocycles. The molecule has 0 aliphatic heterocycles. The van der Waals surface area contributed by atoms with Gasteiger partial charge in [0.1, 0.15) is 0 Å². The molecule has 0 fully saturated rings. The van der Waals surface area contributed by atoms with E-state index in [0.29, 0.717) is 18.8 Å². The average Bonchev–Trinajstić information content (AvgIpc) is 2.35. The van der Waals surface area contributed by atoms with Gasteiger partial charge in [-0.15, -0.1) is 0 Å². The van der Waals surface area contributed by atoms with Gasteiger partial charge in [-0.3, -0.25) is 0 Å². The first-order valence-electron chi connectivity index (χ1n) is 5.71. The van der Waals surface area contributed by atoms with Crippen molar-refractivity contribution < 1.29 is 14.6 Å². The molecule has 90 valence electrons. The number of hydrogen-bond acceptors (Lipinski definition) is 3. The van der Waals surface area contributed by atoms with Crippen molar-refractivity contribution >= 4 is 0 Å². The van der Waals surface area contributed by atoms with E-state index in [1.54, 1.807) is 7.11 Å². The number of rotatable bonds is 6. The summed E-state index contributed by atoms with van der Waals surface area (Å²) in [5, 5.41) is 9.72. The SMILES string of the molecule is CCCOc1ccc(C(O)CC)cc1OC. The van der Waals surface area contributed by atoms with Crippen molar-refractivity contribution in [3.05, 3.63) is 23.8 Å². The van der Waals surface area contributed by atoms with Crippen LogP contribution in [-0.2, 0) is 0 Å². The van der Waals surface area contributed by atoms with Gasteiger partial charge in [0.15, 0.2) is 11.5 Å². The fourth-order valence-electron chi connectivity index (χ4n) is 1.46. The van der Waals surface area contributed by atoms with Gasteiger partial charge in [0.05, 0.1) is 19.8 Å². The summed E-state index contributed by atoms with van der Waals surface area (Å²) in [4.78, 5) is 0. The third kappa shape index (κ3) is 3.14. The second kappa shape index (κ2) is 6.38. The summed E-state index contributed by atoms with van der Waals surface area (Å²) >= 11 is 0. The van der Waals surface area contributed by atoms with Crippen molar-refractivity contribution in [1.29, 1.82) is 0 Å². The summed E-state index contributed by atoms with van der Waals surface area (Å²) in [6.07, 6.45) is 1.22. The van der Waals surface area contributed by atoms with Gasteiger partial charge in [-0.1, -0.05) is 19.9 Å². The lowest BCUT2D eigenvalue weighted by atomic mass is 10.1. The summed E-state index contributed by atoms with van der Waals surface area (Å²) in [6, 6.07) is 5.56. The number of hydrogen-bond donors (Lipinski definition) is 1. The zero-order valence-electron chi connectivity index (χ0n) is 10.2. The Morgan fingerprint density at radius 3 is 2.56 bits per heavy atom. The van der Waals surface area contributed by atoms with E-state index in [-0.39, 0.29) is 0 Å². The zero-order valence-corrected chi connectivity index (χ0v) is 10.2. The predicted molar refractivity (Wildman–Crippen MR) is 64.0 cm³/mol. The molecule has 3 nitrogen and oxygen atoms in total. The topological polar surface area (TPSA) is 38.7 Å². The van der Waals surface area contributed by atoms with Gasteiger partial charge in [0.25, 0.3) is 0 Å². The van der Waals surface area contributed by atoms with E-state index in [1.807, 2.05) is 25.1 Å². The molecule has 1 rings (SSSR count). The molecule has 0 aliphatic carbocycles. The molecule has 1 unspecified atom stereocenters. The molecule has 0 aromatic heterocycles. The number of methoxy groups -OCH3 is 1. The maximum absolute atomic E-state index is 9.72. The van der Waals surface area contributed by atoms with Crippen LogP contribution in [0.15, 0.2) is 18.2 Å². The zero-order chi connectivity index (χ0) is 12.0. The van der Waals surface area contributed by atoms with Crippen molar-refractivity contribution in [2.45, 2.75) is 32.8 Å². The van der Waals surface area contributed by atoms with E-state index in [1.165, 1.54) is 0 Å². The highest BCUT2D eigenvalue weighted by Crippen LogP contribution is 2.31. The smallest absolute Gasteiger partial charge is 0.161 e. The predicted octanol–water partition coefficient (Wildman–Crippen LogP) is 2.93. The minimum absolute atomic E-state index is 0.436. The summed E-state index contributed by atoms with van der Waals surface area (Å²) in [5.74, 6) is 1.41. The van der Waals surface area contributed by atoms with Crippen molar-refractivity contribution in [1.82, 2.24) is 0 Å². The van der Waals surface area contributed by atoms with Crippen LogP contribution in [-0.4, -0.2) is 18.8 Å². The van der Waals surface area contributed by atoms with Gasteiger partial charge in [0, 0.05) is 0 Å². The van der Waals surface area contributed by atoms with E-state index in [0.717, 1.165) is 17.7 Å². The molecule has 0 spiro atoms. The van der Waals surface area contributed by atoms with Crippen LogP contribution in [0.2, 0.25) is 0 Å². The van der Waals surface area contributed by atoms with E-state index < -0.39 is 6.10 Å². The monoisotopic (exact) mass is 224 g/mol. The third-order valence-corrected chi connectivity index (χ3v) is 2.42. The molecule has 0 bridgehead atoms. The number of aliphatic hydroxyl groups is 1. The van der Waals surface area contributed by atoms with Gasteiger partial charge in [-0.05, 0) is 30.5 Å². The van der Waals surface area contributed by atoms with Crippen LogP contribution in [0, 0.1) is 0 Å². The molecule has 16 heavy (non-hydrogen) atoms. The highest BCUT2D eigenvalue weighted by Gasteiger charge is 2.10. The molecule has 1 N–H and O–H groups in total. The summed E-state index contributed by atoms with van der Waals surface area (Å²) in [6.45, 7) is 4.67. The Hall–Kier alpha value is -1.22. The maximum atomic E-state index is 9.72. The van der Waals surface area contributed by atoms with Crippen molar-refractivity contribution in [3.8, 4) is 11.5 Å². The average molecular weight is 224 g/mol. The summed E-state index contributed by atoms with van der Waals surface area (Å²) < 4.78 is 10.8. The summed E-state index contributed by atoms with van der Waals surface area (Å²) in [7, 11) is 1.61. The Labute approximate surface area is 97.0 Å². The normalized spacial score (nSPS) is 12.2. The quantitative estimate of drug-likeness (QED) is 0.807.